The molecule has 0 N–H and O–H groups in total. The fourth-order valence-electron chi connectivity index (χ4n) is 2.40. The number of rotatable bonds is 4. The van der Waals surface area contributed by atoms with E-state index in [1.165, 1.54) is 43.6 Å². The van der Waals surface area contributed by atoms with Gasteiger partial charge in [0.05, 0.1) is 6.07 Å². The molecule has 0 radical (unpaired) electrons. The molecule has 0 amide bonds. The summed E-state index contributed by atoms with van der Waals surface area (Å²) in [5.41, 5.74) is 2.70. The monoisotopic (exact) mass is 228 g/mol. The number of hydrogen-bond acceptors (Lipinski definition) is 2. The highest BCUT2D eigenvalue weighted by Gasteiger charge is 2.10. The normalized spacial score (nSPS) is 15.6. The second-order valence-corrected chi connectivity index (χ2v) is 4.73. The molecule has 1 fully saturated rings. The Labute approximate surface area is 104 Å². The first-order valence-electron chi connectivity index (χ1n) is 6.61. The molecule has 2 nitrogen and oxygen atoms in total. The van der Waals surface area contributed by atoms with Gasteiger partial charge in [0, 0.05) is 25.2 Å². The Balaban J connectivity index is 1.90. The summed E-state index contributed by atoms with van der Waals surface area (Å²) in [7, 11) is 0. The van der Waals surface area contributed by atoms with Crippen molar-refractivity contribution in [1.29, 1.82) is 5.26 Å². The lowest BCUT2D eigenvalue weighted by Gasteiger charge is -2.28. The van der Waals surface area contributed by atoms with Crippen molar-refractivity contribution in [3.05, 3.63) is 29.8 Å². The van der Waals surface area contributed by atoms with Gasteiger partial charge in [-0.25, -0.2) is 0 Å². The third-order valence-corrected chi connectivity index (χ3v) is 3.41. The van der Waals surface area contributed by atoms with Gasteiger partial charge in [-0.2, -0.15) is 5.26 Å². The highest BCUT2D eigenvalue weighted by Crippen LogP contribution is 2.20. The zero-order valence-electron chi connectivity index (χ0n) is 10.4. The van der Waals surface area contributed by atoms with Gasteiger partial charge in [-0.05, 0) is 49.8 Å². The maximum absolute atomic E-state index is 8.50. The van der Waals surface area contributed by atoms with Crippen LogP contribution in [0.5, 0.6) is 0 Å². The number of hydrogen-bond donors (Lipinski definition) is 0. The molecule has 0 saturated carbocycles. The van der Waals surface area contributed by atoms with E-state index in [-0.39, 0.29) is 0 Å². The topological polar surface area (TPSA) is 27.0 Å². The van der Waals surface area contributed by atoms with Crippen molar-refractivity contribution < 1.29 is 0 Å². The molecule has 0 spiro atoms. The Morgan fingerprint density at radius 2 is 1.76 bits per heavy atom. The zero-order valence-corrected chi connectivity index (χ0v) is 10.4. The second-order valence-electron chi connectivity index (χ2n) is 4.73. The molecule has 0 atom stereocenters. The van der Waals surface area contributed by atoms with Gasteiger partial charge in [-0.15, -0.1) is 0 Å². The molecule has 0 unspecified atom stereocenters. The highest BCUT2D eigenvalue weighted by atomic mass is 15.1. The standard InChI is InChI=1S/C15H20N2/c16-11-3-2-6-14-7-9-15(10-8-14)17-12-4-1-5-13-17/h7-10H,1-6,12-13H2. The molecule has 90 valence electrons. The van der Waals surface area contributed by atoms with Crippen LogP contribution in [0.4, 0.5) is 5.69 Å². The van der Waals surface area contributed by atoms with Crippen LogP contribution in [0, 0.1) is 11.3 Å². The molecular weight excluding hydrogens is 208 g/mol. The predicted molar refractivity (Wildman–Crippen MR) is 71.1 cm³/mol. The van der Waals surface area contributed by atoms with Crippen LogP contribution in [0.25, 0.3) is 0 Å². The highest BCUT2D eigenvalue weighted by molar-refractivity contribution is 5.47. The lowest BCUT2D eigenvalue weighted by atomic mass is 10.1. The van der Waals surface area contributed by atoms with Crippen LogP contribution in [-0.4, -0.2) is 13.1 Å². The largest absolute Gasteiger partial charge is 0.372 e. The summed E-state index contributed by atoms with van der Waals surface area (Å²) in [4.78, 5) is 2.47. The van der Waals surface area contributed by atoms with Crippen molar-refractivity contribution in [3.8, 4) is 6.07 Å². The first-order chi connectivity index (χ1) is 8.40. The van der Waals surface area contributed by atoms with E-state index in [1.807, 2.05) is 0 Å². The van der Waals surface area contributed by atoms with Crippen LogP contribution < -0.4 is 4.90 Å². The SMILES string of the molecule is N#CCCCc1ccc(N2CCCCC2)cc1. The first kappa shape index (κ1) is 12.0. The van der Waals surface area contributed by atoms with Gasteiger partial charge >= 0.3 is 0 Å². The molecule has 0 bridgehead atoms. The van der Waals surface area contributed by atoms with Gasteiger partial charge in [-0.3, -0.25) is 0 Å². The molecule has 1 saturated heterocycles. The minimum Gasteiger partial charge on any atom is -0.372 e. The number of piperidine rings is 1. The summed E-state index contributed by atoms with van der Waals surface area (Å²) >= 11 is 0. The summed E-state index contributed by atoms with van der Waals surface area (Å²) in [6, 6.07) is 11.1. The summed E-state index contributed by atoms with van der Waals surface area (Å²) in [6.07, 6.45) is 6.68. The van der Waals surface area contributed by atoms with E-state index in [9.17, 15) is 0 Å². The Bertz CT molecular complexity index is 369. The van der Waals surface area contributed by atoms with Crippen molar-refractivity contribution in [1.82, 2.24) is 0 Å². The van der Waals surface area contributed by atoms with Crippen molar-refractivity contribution in [3.63, 3.8) is 0 Å². The summed E-state index contributed by atoms with van der Waals surface area (Å²) in [5.74, 6) is 0. The summed E-state index contributed by atoms with van der Waals surface area (Å²) < 4.78 is 0. The van der Waals surface area contributed by atoms with Gasteiger partial charge in [0.1, 0.15) is 0 Å². The maximum atomic E-state index is 8.50. The smallest absolute Gasteiger partial charge is 0.0621 e. The van der Waals surface area contributed by atoms with Crippen molar-refractivity contribution in [2.75, 3.05) is 18.0 Å². The Hall–Kier alpha value is -1.49. The van der Waals surface area contributed by atoms with Crippen LogP contribution in [0.15, 0.2) is 24.3 Å². The van der Waals surface area contributed by atoms with Gasteiger partial charge in [0.15, 0.2) is 0 Å². The Morgan fingerprint density at radius 3 is 2.41 bits per heavy atom. The van der Waals surface area contributed by atoms with Gasteiger partial charge in [0.2, 0.25) is 0 Å². The molecule has 1 aromatic carbocycles. The zero-order chi connectivity index (χ0) is 11.9. The molecular formula is C15H20N2. The van der Waals surface area contributed by atoms with Crippen molar-refractivity contribution in [2.45, 2.75) is 38.5 Å². The minimum absolute atomic E-state index is 0.661. The molecule has 1 heterocycles. The molecule has 1 aliphatic rings. The molecule has 0 aliphatic carbocycles. The minimum atomic E-state index is 0.661. The molecule has 2 rings (SSSR count). The van der Waals surface area contributed by atoms with Crippen molar-refractivity contribution >= 4 is 5.69 Å². The Morgan fingerprint density at radius 1 is 1.06 bits per heavy atom. The maximum Gasteiger partial charge on any atom is 0.0621 e. The average molecular weight is 228 g/mol. The number of nitriles is 1. The third-order valence-electron chi connectivity index (χ3n) is 3.41. The van der Waals surface area contributed by atoms with Gasteiger partial charge in [-0.1, -0.05) is 12.1 Å². The van der Waals surface area contributed by atoms with Gasteiger partial charge < -0.3 is 4.90 Å². The van der Waals surface area contributed by atoms with Crippen LogP contribution in [0.1, 0.15) is 37.7 Å². The first-order valence-corrected chi connectivity index (χ1v) is 6.61. The number of benzene rings is 1. The second kappa shape index (κ2) is 6.30. The molecule has 1 aromatic rings. The number of unbranched alkanes of at least 4 members (excludes halogenated alkanes) is 1. The van der Waals surface area contributed by atoms with Crippen molar-refractivity contribution in [2.24, 2.45) is 0 Å². The Kier molecular flexibility index (Phi) is 4.44. The van der Waals surface area contributed by atoms with E-state index in [4.69, 9.17) is 5.26 Å². The van der Waals surface area contributed by atoms with Crippen LogP contribution in [0.3, 0.4) is 0 Å². The van der Waals surface area contributed by atoms with E-state index in [2.05, 4.69) is 35.2 Å². The number of anilines is 1. The van der Waals surface area contributed by atoms with E-state index in [1.54, 1.807) is 0 Å². The molecule has 0 aromatic heterocycles. The lowest BCUT2D eigenvalue weighted by Crippen LogP contribution is -2.29. The quantitative estimate of drug-likeness (QED) is 0.737. The van der Waals surface area contributed by atoms with Crippen LogP contribution in [-0.2, 0) is 6.42 Å². The van der Waals surface area contributed by atoms with Crippen LogP contribution in [0.2, 0.25) is 0 Å². The molecule has 17 heavy (non-hydrogen) atoms. The average Bonchev–Trinajstić information content (AvgIpc) is 2.41. The number of aryl methyl sites for hydroxylation is 1. The third kappa shape index (κ3) is 3.49. The van der Waals surface area contributed by atoms with E-state index in [0.717, 1.165) is 12.8 Å². The summed E-state index contributed by atoms with van der Waals surface area (Å²) in [5, 5.41) is 8.50. The number of nitrogens with zero attached hydrogens (tertiary/aromatic N) is 2. The summed E-state index contributed by atoms with van der Waals surface area (Å²) in [6.45, 7) is 2.40. The molecule has 1 aliphatic heterocycles. The van der Waals surface area contributed by atoms with E-state index >= 15 is 0 Å². The van der Waals surface area contributed by atoms with Gasteiger partial charge in [0.25, 0.3) is 0 Å². The van der Waals surface area contributed by atoms with Crippen LogP contribution >= 0.6 is 0 Å². The fourth-order valence-corrected chi connectivity index (χ4v) is 2.40. The van der Waals surface area contributed by atoms with E-state index < -0.39 is 0 Å². The predicted octanol–water partition coefficient (Wildman–Crippen LogP) is 3.52. The lowest BCUT2D eigenvalue weighted by molar-refractivity contribution is 0.578. The molecule has 2 heteroatoms. The fraction of sp³-hybridized carbons (Fsp3) is 0.533. The van der Waals surface area contributed by atoms with E-state index in [0.29, 0.717) is 6.42 Å².